The number of thioether (sulfide) groups is 1. The number of hydrogen-bond donors (Lipinski definition) is 1. The van der Waals surface area contributed by atoms with Gasteiger partial charge in [-0.1, -0.05) is 6.92 Å². The Morgan fingerprint density at radius 2 is 2.40 bits per heavy atom. The van der Waals surface area contributed by atoms with Crippen molar-refractivity contribution >= 4 is 17.7 Å². The Morgan fingerprint density at radius 1 is 1.53 bits per heavy atom. The number of rotatable bonds is 1. The van der Waals surface area contributed by atoms with Crippen molar-refractivity contribution in [2.24, 2.45) is 5.92 Å². The van der Waals surface area contributed by atoms with Crippen LogP contribution in [-0.4, -0.2) is 48.0 Å². The van der Waals surface area contributed by atoms with Crippen LogP contribution in [0.25, 0.3) is 0 Å². The van der Waals surface area contributed by atoms with E-state index in [4.69, 9.17) is 0 Å². The highest BCUT2D eigenvalue weighted by molar-refractivity contribution is 7.99. The van der Waals surface area contributed by atoms with Crippen LogP contribution in [0.4, 0.5) is 0 Å². The van der Waals surface area contributed by atoms with Gasteiger partial charge in [-0.2, -0.15) is 11.8 Å². The van der Waals surface area contributed by atoms with E-state index in [0.29, 0.717) is 11.2 Å². The summed E-state index contributed by atoms with van der Waals surface area (Å²) in [6.45, 7) is 6.07. The number of carbonyl (C=O) groups is 1. The van der Waals surface area contributed by atoms with Gasteiger partial charge in [-0.3, -0.25) is 4.79 Å². The molecule has 0 saturated carbocycles. The molecule has 2 aliphatic rings. The van der Waals surface area contributed by atoms with Gasteiger partial charge in [-0.15, -0.1) is 0 Å². The smallest absolute Gasteiger partial charge is 0.227 e. The third kappa shape index (κ3) is 2.88. The van der Waals surface area contributed by atoms with Gasteiger partial charge in [-0.25, -0.2) is 0 Å². The van der Waals surface area contributed by atoms with E-state index in [9.17, 15) is 4.79 Å². The van der Waals surface area contributed by atoms with E-state index in [1.165, 1.54) is 0 Å². The number of nitrogens with zero attached hydrogens (tertiary/aromatic N) is 1. The molecule has 2 atom stereocenters. The summed E-state index contributed by atoms with van der Waals surface area (Å²) >= 11 is 1.98. The van der Waals surface area contributed by atoms with Crippen molar-refractivity contribution in [3.63, 3.8) is 0 Å². The molecule has 15 heavy (non-hydrogen) atoms. The van der Waals surface area contributed by atoms with Gasteiger partial charge in [0.15, 0.2) is 0 Å². The topological polar surface area (TPSA) is 32.3 Å². The highest BCUT2D eigenvalue weighted by Crippen LogP contribution is 2.21. The lowest BCUT2D eigenvalue weighted by molar-refractivity contribution is -0.135. The predicted octanol–water partition coefficient (Wildman–Crippen LogP) is 0.950. The first-order valence-electron chi connectivity index (χ1n) is 5.88. The van der Waals surface area contributed by atoms with Crippen LogP contribution in [0.2, 0.25) is 0 Å². The molecule has 0 bridgehead atoms. The molecule has 2 heterocycles. The lowest BCUT2D eigenvalue weighted by Crippen LogP contribution is -2.47. The van der Waals surface area contributed by atoms with Gasteiger partial charge in [0.1, 0.15) is 0 Å². The number of nitrogens with one attached hydrogen (secondary N) is 1. The molecule has 3 nitrogen and oxygen atoms in total. The summed E-state index contributed by atoms with van der Waals surface area (Å²) in [5.74, 6) is 1.73. The van der Waals surface area contributed by atoms with E-state index in [2.05, 4.69) is 17.1 Å². The molecule has 2 aliphatic heterocycles. The summed E-state index contributed by atoms with van der Waals surface area (Å²) in [7, 11) is 0. The maximum absolute atomic E-state index is 12.2. The van der Waals surface area contributed by atoms with Gasteiger partial charge in [0.2, 0.25) is 5.91 Å². The molecule has 2 saturated heterocycles. The number of carbonyl (C=O) groups excluding carboxylic acids is 1. The zero-order chi connectivity index (χ0) is 10.7. The number of hydrogen-bond acceptors (Lipinski definition) is 3. The molecule has 86 valence electrons. The lowest BCUT2D eigenvalue weighted by Gasteiger charge is -2.34. The van der Waals surface area contributed by atoms with Crippen LogP contribution in [0.3, 0.4) is 0 Å². The highest BCUT2D eigenvalue weighted by Gasteiger charge is 2.28. The Morgan fingerprint density at radius 3 is 3.07 bits per heavy atom. The molecule has 0 aromatic rings. The Hall–Kier alpha value is -0.220. The average Bonchev–Trinajstić information content (AvgIpc) is 2.29. The lowest BCUT2D eigenvalue weighted by atomic mass is 9.98. The fourth-order valence-electron chi connectivity index (χ4n) is 2.34. The second-order valence-corrected chi connectivity index (χ2v) is 6.06. The zero-order valence-corrected chi connectivity index (χ0v) is 10.2. The molecule has 0 radical (unpaired) electrons. The van der Waals surface area contributed by atoms with Crippen molar-refractivity contribution in [3.8, 4) is 0 Å². The van der Waals surface area contributed by atoms with Crippen LogP contribution in [0.1, 0.15) is 19.8 Å². The van der Waals surface area contributed by atoms with Crippen molar-refractivity contribution in [3.05, 3.63) is 0 Å². The first kappa shape index (κ1) is 11.3. The van der Waals surface area contributed by atoms with Crippen LogP contribution in [-0.2, 0) is 4.79 Å². The first-order valence-corrected chi connectivity index (χ1v) is 6.93. The third-order valence-corrected chi connectivity index (χ3v) is 4.34. The van der Waals surface area contributed by atoms with E-state index < -0.39 is 0 Å². The van der Waals surface area contributed by atoms with Gasteiger partial charge in [0, 0.05) is 30.6 Å². The molecule has 0 aliphatic carbocycles. The Balaban J connectivity index is 1.88. The standard InChI is InChI=1S/C11H20N2OS/c1-9-8-13(5-6-15-9)11(14)10-3-2-4-12-7-10/h9-10,12H,2-8H2,1H3/t9?,10-/m0/s1. The molecule has 0 aromatic heterocycles. The van der Waals surface area contributed by atoms with Crippen molar-refractivity contribution in [2.75, 3.05) is 31.9 Å². The van der Waals surface area contributed by atoms with Crippen LogP contribution >= 0.6 is 11.8 Å². The zero-order valence-electron chi connectivity index (χ0n) is 9.37. The minimum Gasteiger partial charge on any atom is -0.340 e. The SMILES string of the molecule is CC1CN(C(=O)[C@H]2CCCNC2)CCS1. The van der Waals surface area contributed by atoms with Crippen molar-refractivity contribution in [1.29, 1.82) is 0 Å². The van der Waals surface area contributed by atoms with Crippen LogP contribution in [0.15, 0.2) is 0 Å². The molecule has 2 fully saturated rings. The van der Waals surface area contributed by atoms with Crippen molar-refractivity contribution < 1.29 is 4.79 Å². The molecular weight excluding hydrogens is 208 g/mol. The normalized spacial score (nSPS) is 32.7. The third-order valence-electron chi connectivity index (χ3n) is 3.20. The Bertz CT molecular complexity index is 229. The molecular formula is C11H20N2OS. The summed E-state index contributed by atoms with van der Waals surface area (Å²) in [5.41, 5.74) is 0. The van der Waals surface area contributed by atoms with Crippen molar-refractivity contribution in [2.45, 2.75) is 25.0 Å². The average molecular weight is 228 g/mol. The van der Waals surface area contributed by atoms with Crippen molar-refractivity contribution in [1.82, 2.24) is 10.2 Å². The molecule has 1 amide bonds. The van der Waals surface area contributed by atoms with Gasteiger partial charge in [0.05, 0.1) is 5.92 Å². The molecule has 1 unspecified atom stereocenters. The van der Waals surface area contributed by atoms with Crippen LogP contribution in [0.5, 0.6) is 0 Å². The minimum atomic E-state index is 0.244. The fraction of sp³-hybridized carbons (Fsp3) is 0.909. The summed E-state index contributed by atoms with van der Waals surface area (Å²) in [6.07, 6.45) is 2.22. The highest BCUT2D eigenvalue weighted by atomic mass is 32.2. The van der Waals surface area contributed by atoms with Crippen LogP contribution in [0, 0.1) is 5.92 Å². The minimum absolute atomic E-state index is 0.244. The van der Waals surface area contributed by atoms with Gasteiger partial charge < -0.3 is 10.2 Å². The summed E-state index contributed by atoms with van der Waals surface area (Å²) < 4.78 is 0. The molecule has 4 heteroatoms. The monoisotopic (exact) mass is 228 g/mol. The Labute approximate surface area is 96.0 Å². The molecule has 1 N–H and O–H groups in total. The summed E-state index contributed by atoms with van der Waals surface area (Å²) in [6, 6.07) is 0. The van der Waals surface area contributed by atoms with Crippen LogP contribution < -0.4 is 5.32 Å². The van der Waals surface area contributed by atoms with E-state index in [0.717, 1.165) is 44.8 Å². The fourth-order valence-corrected chi connectivity index (χ4v) is 3.35. The molecule has 2 rings (SSSR count). The van der Waals surface area contributed by atoms with Gasteiger partial charge >= 0.3 is 0 Å². The second-order valence-electron chi connectivity index (χ2n) is 4.51. The number of amides is 1. The predicted molar refractivity (Wildman–Crippen MR) is 64.1 cm³/mol. The maximum Gasteiger partial charge on any atom is 0.227 e. The summed E-state index contributed by atoms with van der Waals surface area (Å²) in [4.78, 5) is 14.2. The molecule has 0 aromatic carbocycles. The maximum atomic E-state index is 12.2. The molecule has 0 spiro atoms. The van der Waals surface area contributed by atoms with E-state index in [1.807, 2.05) is 11.8 Å². The second kappa shape index (κ2) is 5.21. The van der Waals surface area contributed by atoms with E-state index in [1.54, 1.807) is 0 Å². The largest absolute Gasteiger partial charge is 0.340 e. The Kier molecular flexibility index (Phi) is 3.92. The quantitative estimate of drug-likeness (QED) is 0.725. The van der Waals surface area contributed by atoms with Gasteiger partial charge in [0.25, 0.3) is 0 Å². The summed E-state index contributed by atoms with van der Waals surface area (Å²) in [5, 5.41) is 3.92. The first-order chi connectivity index (χ1) is 7.27. The van der Waals surface area contributed by atoms with E-state index in [-0.39, 0.29) is 5.92 Å². The van der Waals surface area contributed by atoms with E-state index >= 15 is 0 Å². The number of piperidine rings is 1. The van der Waals surface area contributed by atoms with Gasteiger partial charge in [-0.05, 0) is 19.4 Å².